The first-order valence-corrected chi connectivity index (χ1v) is 4.91. The van der Waals surface area contributed by atoms with Crippen molar-refractivity contribution < 1.29 is 9.53 Å². The summed E-state index contributed by atoms with van der Waals surface area (Å²) in [6, 6.07) is 8.65. The SMILES string of the molecule is CC(C)(C)OC(=O)Nc1cccc(C#N)c1. The van der Waals surface area contributed by atoms with Crippen molar-refractivity contribution in [1.82, 2.24) is 0 Å². The van der Waals surface area contributed by atoms with Gasteiger partial charge in [0.25, 0.3) is 0 Å². The average Bonchev–Trinajstić information content (AvgIpc) is 2.15. The zero-order valence-corrected chi connectivity index (χ0v) is 9.57. The van der Waals surface area contributed by atoms with Gasteiger partial charge in [-0.15, -0.1) is 0 Å². The van der Waals surface area contributed by atoms with Crippen LogP contribution in [0.2, 0.25) is 0 Å². The first-order chi connectivity index (χ1) is 7.40. The van der Waals surface area contributed by atoms with Crippen LogP contribution in [0.15, 0.2) is 24.3 Å². The van der Waals surface area contributed by atoms with Crippen LogP contribution >= 0.6 is 0 Å². The minimum absolute atomic E-state index is 0.494. The molecule has 4 heteroatoms. The van der Waals surface area contributed by atoms with Gasteiger partial charge in [0.05, 0.1) is 11.6 Å². The highest BCUT2D eigenvalue weighted by atomic mass is 16.6. The van der Waals surface area contributed by atoms with Crippen LogP contribution < -0.4 is 5.32 Å². The molecule has 0 aliphatic heterocycles. The summed E-state index contributed by atoms with van der Waals surface area (Å²) in [6.07, 6.45) is -0.525. The number of amides is 1. The Balaban J connectivity index is 2.67. The molecule has 1 amide bonds. The number of benzene rings is 1. The smallest absolute Gasteiger partial charge is 0.412 e. The third kappa shape index (κ3) is 4.01. The van der Waals surface area contributed by atoms with Gasteiger partial charge in [0.2, 0.25) is 0 Å². The first kappa shape index (κ1) is 12.1. The number of carbonyl (C=O) groups excluding carboxylic acids is 1. The van der Waals surface area contributed by atoms with E-state index in [2.05, 4.69) is 5.32 Å². The Hall–Kier alpha value is -2.02. The maximum atomic E-state index is 11.4. The molecule has 0 aromatic heterocycles. The van der Waals surface area contributed by atoms with Gasteiger partial charge in [-0.25, -0.2) is 4.79 Å². The molecule has 0 saturated carbocycles. The lowest BCUT2D eigenvalue weighted by Gasteiger charge is -2.19. The lowest BCUT2D eigenvalue weighted by molar-refractivity contribution is 0.0636. The fraction of sp³-hybridized carbons (Fsp3) is 0.333. The predicted octanol–water partition coefficient (Wildman–Crippen LogP) is 2.91. The Kier molecular flexibility index (Phi) is 3.51. The number of anilines is 1. The summed E-state index contributed by atoms with van der Waals surface area (Å²) in [5.74, 6) is 0. The van der Waals surface area contributed by atoms with E-state index in [4.69, 9.17) is 10.00 Å². The summed E-state index contributed by atoms with van der Waals surface area (Å²) >= 11 is 0. The molecular weight excluding hydrogens is 204 g/mol. The Morgan fingerprint density at radius 2 is 2.12 bits per heavy atom. The van der Waals surface area contributed by atoms with E-state index in [9.17, 15) is 4.79 Å². The van der Waals surface area contributed by atoms with Crippen molar-refractivity contribution in [3.8, 4) is 6.07 Å². The van der Waals surface area contributed by atoms with Crippen molar-refractivity contribution in [3.63, 3.8) is 0 Å². The minimum Gasteiger partial charge on any atom is -0.444 e. The summed E-state index contributed by atoms with van der Waals surface area (Å²) in [7, 11) is 0. The van der Waals surface area contributed by atoms with E-state index >= 15 is 0 Å². The quantitative estimate of drug-likeness (QED) is 0.788. The minimum atomic E-state index is -0.531. The van der Waals surface area contributed by atoms with Gasteiger partial charge < -0.3 is 4.74 Å². The molecule has 1 aromatic carbocycles. The summed E-state index contributed by atoms with van der Waals surface area (Å²) in [5.41, 5.74) is 0.513. The van der Waals surface area contributed by atoms with Crippen LogP contribution in [0.3, 0.4) is 0 Å². The number of nitrogens with zero attached hydrogens (tertiary/aromatic N) is 1. The van der Waals surface area contributed by atoms with Crippen LogP contribution in [-0.4, -0.2) is 11.7 Å². The second-order valence-electron chi connectivity index (χ2n) is 4.32. The lowest BCUT2D eigenvalue weighted by atomic mass is 10.2. The van der Waals surface area contributed by atoms with Crippen molar-refractivity contribution in [2.45, 2.75) is 26.4 Å². The van der Waals surface area contributed by atoms with E-state index in [1.54, 1.807) is 45.0 Å². The van der Waals surface area contributed by atoms with Crippen LogP contribution in [0.25, 0.3) is 0 Å². The highest BCUT2D eigenvalue weighted by Gasteiger charge is 2.16. The van der Waals surface area contributed by atoms with Gasteiger partial charge in [-0.2, -0.15) is 5.26 Å². The van der Waals surface area contributed by atoms with Crippen molar-refractivity contribution in [3.05, 3.63) is 29.8 Å². The molecule has 0 spiro atoms. The Bertz CT molecular complexity index is 427. The van der Waals surface area contributed by atoms with Crippen LogP contribution in [0.5, 0.6) is 0 Å². The molecule has 0 fully saturated rings. The molecule has 0 radical (unpaired) electrons. The largest absolute Gasteiger partial charge is 0.444 e. The van der Waals surface area contributed by atoms with E-state index in [-0.39, 0.29) is 0 Å². The number of hydrogen-bond acceptors (Lipinski definition) is 3. The number of carbonyl (C=O) groups is 1. The van der Waals surface area contributed by atoms with Crippen molar-refractivity contribution in [1.29, 1.82) is 5.26 Å². The molecule has 1 N–H and O–H groups in total. The van der Waals surface area contributed by atoms with Gasteiger partial charge in [0, 0.05) is 5.69 Å². The summed E-state index contributed by atoms with van der Waals surface area (Å²) < 4.78 is 5.08. The van der Waals surface area contributed by atoms with Gasteiger partial charge in [-0.1, -0.05) is 6.07 Å². The van der Waals surface area contributed by atoms with Gasteiger partial charge in [-0.05, 0) is 39.0 Å². The Labute approximate surface area is 94.8 Å². The molecule has 0 aliphatic carbocycles. The Morgan fingerprint density at radius 1 is 1.44 bits per heavy atom. The van der Waals surface area contributed by atoms with Crippen molar-refractivity contribution >= 4 is 11.8 Å². The summed E-state index contributed by atoms with van der Waals surface area (Å²) in [5, 5.41) is 11.2. The molecule has 0 bridgehead atoms. The molecule has 16 heavy (non-hydrogen) atoms. The molecule has 84 valence electrons. The molecule has 0 heterocycles. The second-order valence-corrected chi connectivity index (χ2v) is 4.32. The third-order valence-corrected chi connectivity index (χ3v) is 1.64. The monoisotopic (exact) mass is 218 g/mol. The zero-order chi connectivity index (χ0) is 12.2. The van der Waals surface area contributed by atoms with Crippen LogP contribution in [0.4, 0.5) is 10.5 Å². The lowest BCUT2D eigenvalue weighted by Crippen LogP contribution is -2.27. The maximum absolute atomic E-state index is 11.4. The average molecular weight is 218 g/mol. The van der Waals surface area contributed by atoms with Crippen molar-refractivity contribution in [2.24, 2.45) is 0 Å². The normalized spacial score (nSPS) is 10.4. The molecule has 0 saturated heterocycles. The topological polar surface area (TPSA) is 62.1 Å². The molecule has 1 aromatic rings. The van der Waals surface area contributed by atoms with E-state index in [1.165, 1.54) is 0 Å². The van der Waals surface area contributed by atoms with Crippen molar-refractivity contribution in [2.75, 3.05) is 5.32 Å². The number of ether oxygens (including phenoxy) is 1. The standard InChI is InChI=1S/C12H14N2O2/c1-12(2,3)16-11(15)14-10-6-4-5-9(7-10)8-13/h4-7H,1-3H3,(H,14,15). The molecule has 0 aliphatic rings. The second kappa shape index (κ2) is 4.67. The zero-order valence-electron chi connectivity index (χ0n) is 9.57. The number of rotatable bonds is 1. The maximum Gasteiger partial charge on any atom is 0.412 e. The molecule has 0 unspecified atom stereocenters. The van der Waals surface area contributed by atoms with E-state index in [0.717, 1.165) is 0 Å². The van der Waals surface area contributed by atoms with E-state index in [1.807, 2.05) is 6.07 Å². The van der Waals surface area contributed by atoms with Gasteiger partial charge in [0.1, 0.15) is 5.60 Å². The van der Waals surface area contributed by atoms with E-state index < -0.39 is 11.7 Å². The highest BCUT2D eigenvalue weighted by Crippen LogP contribution is 2.12. The number of nitrogens with one attached hydrogen (secondary N) is 1. The fourth-order valence-corrected chi connectivity index (χ4v) is 1.09. The molecular formula is C12H14N2O2. The first-order valence-electron chi connectivity index (χ1n) is 4.91. The van der Waals surface area contributed by atoms with E-state index in [0.29, 0.717) is 11.3 Å². The molecule has 1 rings (SSSR count). The van der Waals surface area contributed by atoms with Gasteiger partial charge >= 0.3 is 6.09 Å². The summed E-state index contributed by atoms with van der Waals surface area (Å²) in [4.78, 5) is 11.4. The third-order valence-electron chi connectivity index (χ3n) is 1.64. The Morgan fingerprint density at radius 3 is 2.69 bits per heavy atom. The number of nitriles is 1. The van der Waals surface area contributed by atoms with Crippen LogP contribution in [-0.2, 0) is 4.74 Å². The van der Waals surface area contributed by atoms with Crippen LogP contribution in [0, 0.1) is 11.3 Å². The van der Waals surface area contributed by atoms with Crippen LogP contribution in [0.1, 0.15) is 26.3 Å². The highest BCUT2D eigenvalue weighted by molar-refractivity contribution is 5.85. The molecule has 0 atom stereocenters. The fourth-order valence-electron chi connectivity index (χ4n) is 1.09. The van der Waals surface area contributed by atoms with Gasteiger partial charge in [-0.3, -0.25) is 5.32 Å². The van der Waals surface area contributed by atoms with Gasteiger partial charge in [0.15, 0.2) is 0 Å². The number of hydrogen-bond donors (Lipinski definition) is 1. The predicted molar refractivity (Wildman–Crippen MR) is 61.0 cm³/mol. The molecule has 4 nitrogen and oxygen atoms in total. The summed E-state index contributed by atoms with van der Waals surface area (Å²) in [6.45, 7) is 5.37.